The van der Waals surface area contributed by atoms with Crippen LogP contribution < -0.4 is 0 Å². The molecule has 2 aromatic carbocycles. The highest BCUT2D eigenvalue weighted by molar-refractivity contribution is 5.88. The van der Waals surface area contributed by atoms with Crippen molar-refractivity contribution in [1.82, 2.24) is 4.90 Å². The van der Waals surface area contributed by atoms with E-state index in [0.717, 1.165) is 12.1 Å². The molecule has 4 rings (SSSR count). The van der Waals surface area contributed by atoms with Gasteiger partial charge in [-0.25, -0.2) is 4.79 Å². The van der Waals surface area contributed by atoms with Gasteiger partial charge in [-0.15, -0.1) is 0 Å². The lowest BCUT2D eigenvalue weighted by Gasteiger charge is -2.11. The number of carbonyl (C=O) groups excluding carboxylic acids is 1. The molecule has 1 saturated heterocycles. The van der Waals surface area contributed by atoms with Crippen LogP contribution in [0.3, 0.4) is 0 Å². The first-order valence-electron chi connectivity index (χ1n) is 7.80. The van der Waals surface area contributed by atoms with Crippen LogP contribution in [0.25, 0.3) is 5.57 Å². The highest BCUT2D eigenvalue weighted by Crippen LogP contribution is 2.31. The van der Waals surface area contributed by atoms with E-state index in [1.165, 1.54) is 11.1 Å². The van der Waals surface area contributed by atoms with Gasteiger partial charge in [0.2, 0.25) is 6.10 Å². The molecule has 0 aromatic heterocycles. The van der Waals surface area contributed by atoms with Crippen LogP contribution >= 0.6 is 0 Å². The Kier molecular flexibility index (Phi) is 4.74. The third-order valence-corrected chi connectivity index (χ3v) is 4.02. The molecule has 0 saturated carbocycles. The standard InChI is InChI=1S/C12H12N2.C8H6O2/c1-14-9-11(7-12(14)8-13)10-5-3-2-4-6-10;9-8-7(10-8)6-4-2-1-3-5-6/h2-7,12H,9H2,1H3;1-5,7H. The Hall–Kier alpha value is -2.90. The predicted octanol–water partition coefficient (Wildman–Crippen LogP) is 3.19. The molecule has 2 unspecified atom stereocenters. The van der Waals surface area contributed by atoms with Crippen LogP contribution in [0.1, 0.15) is 17.2 Å². The number of epoxide rings is 1. The zero-order chi connectivity index (χ0) is 16.9. The summed E-state index contributed by atoms with van der Waals surface area (Å²) in [5.41, 5.74) is 3.42. The molecule has 2 aliphatic rings. The third-order valence-electron chi connectivity index (χ3n) is 4.02. The van der Waals surface area contributed by atoms with E-state index < -0.39 is 0 Å². The van der Waals surface area contributed by atoms with E-state index in [9.17, 15) is 4.79 Å². The number of rotatable bonds is 2. The fraction of sp³-hybridized carbons (Fsp3) is 0.200. The lowest BCUT2D eigenvalue weighted by Crippen LogP contribution is -2.23. The van der Waals surface area contributed by atoms with Gasteiger partial charge in [0.1, 0.15) is 6.04 Å². The zero-order valence-corrected chi connectivity index (χ0v) is 13.4. The van der Waals surface area contributed by atoms with E-state index in [0.29, 0.717) is 0 Å². The number of nitriles is 1. The smallest absolute Gasteiger partial charge is 0.353 e. The van der Waals surface area contributed by atoms with E-state index >= 15 is 0 Å². The normalized spacial score (nSPS) is 21.8. The van der Waals surface area contributed by atoms with E-state index in [-0.39, 0.29) is 18.1 Å². The monoisotopic (exact) mass is 318 g/mol. The van der Waals surface area contributed by atoms with Gasteiger partial charge < -0.3 is 4.74 Å². The first-order chi connectivity index (χ1) is 11.7. The Morgan fingerprint density at radius 1 is 1.08 bits per heavy atom. The maximum atomic E-state index is 10.5. The zero-order valence-electron chi connectivity index (χ0n) is 13.4. The second-order valence-electron chi connectivity index (χ2n) is 5.77. The Morgan fingerprint density at radius 3 is 2.17 bits per heavy atom. The summed E-state index contributed by atoms with van der Waals surface area (Å²) in [7, 11) is 1.97. The van der Waals surface area contributed by atoms with E-state index in [1.807, 2.05) is 66.6 Å². The van der Waals surface area contributed by atoms with Crippen molar-refractivity contribution in [3.05, 3.63) is 77.9 Å². The summed E-state index contributed by atoms with van der Waals surface area (Å²) >= 11 is 0. The molecule has 0 radical (unpaired) electrons. The van der Waals surface area contributed by atoms with Crippen LogP contribution in [-0.4, -0.2) is 30.5 Å². The molecule has 0 amide bonds. The van der Waals surface area contributed by atoms with Crippen molar-refractivity contribution in [3.63, 3.8) is 0 Å². The minimum Gasteiger partial charge on any atom is -0.442 e. The van der Waals surface area contributed by atoms with Crippen molar-refractivity contribution in [3.8, 4) is 6.07 Å². The fourth-order valence-corrected chi connectivity index (χ4v) is 2.63. The molecule has 4 nitrogen and oxygen atoms in total. The summed E-state index contributed by atoms with van der Waals surface area (Å²) < 4.78 is 4.66. The Balaban J connectivity index is 0.000000149. The summed E-state index contributed by atoms with van der Waals surface area (Å²) in [6, 6.07) is 21.9. The van der Waals surface area contributed by atoms with Crippen LogP contribution in [0, 0.1) is 11.3 Å². The Morgan fingerprint density at radius 2 is 1.67 bits per heavy atom. The summed E-state index contributed by atoms with van der Waals surface area (Å²) in [4.78, 5) is 12.5. The Bertz CT molecular complexity index is 778. The van der Waals surface area contributed by atoms with Gasteiger partial charge in [0, 0.05) is 12.1 Å². The molecule has 24 heavy (non-hydrogen) atoms. The maximum absolute atomic E-state index is 10.5. The molecule has 0 bridgehead atoms. The van der Waals surface area contributed by atoms with Crippen molar-refractivity contribution < 1.29 is 9.53 Å². The quantitative estimate of drug-likeness (QED) is 0.798. The van der Waals surface area contributed by atoms with Gasteiger partial charge >= 0.3 is 5.97 Å². The van der Waals surface area contributed by atoms with Crippen LogP contribution in [0.15, 0.2) is 66.7 Å². The van der Waals surface area contributed by atoms with Crippen LogP contribution in [0.4, 0.5) is 0 Å². The number of carbonyl (C=O) groups is 1. The van der Waals surface area contributed by atoms with Crippen molar-refractivity contribution in [2.75, 3.05) is 13.6 Å². The molecule has 2 atom stereocenters. The number of hydrogen-bond acceptors (Lipinski definition) is 4. The first-order valence-corrected chi connectivity index (χ1v) is 7.80. The molecule has 0 aliphatic carbocycles. The summed E-state index contributed by atoms with van der Waals surface area (Å²) in [5, 5.41) is 8.86. The molecule has 0 N–H and O–H groups in total. The van der Waals surface area contributed by atoms with Crippen LogP contribution in [0.5, 0.6) is 0 Å². The Labute approximate surface area is 141 Å². The molecule has 1 fully saturated rings. The highest BCUT2D eigenvalue weighted by Gasteiger charge is 2.39. The molecule has 2 aromatic rings. The molecule has 2 aliphatic heterocycles. The molecular formula is C20H18N2O2. The van der Waals surface area contributed by atoms with Gasteiger partial charge in [0.15, 0.2) is 0 Å². The van der Waals surface area contributed by atoms with Gasteiger partial charge in [-0.2, -0.15) is 5.26 Å². The number of cyclic esters (lactones) is 1. The SMILES string of the molecule is CN1CC(c2ccccc2)=CC1C#N.O=C1OC1c1ccccc1. The van der Waals surface area contributed by atoms with Gasteiger partial charge in [-0.3, -0.25) is 4.90 Å². The van der Waals surface area contributed by atoms with Crippen molar-refractivity contribution in [2.45, 2.75) is 12.1 Å². The lowest BCUT2D eigenvalue weighted by atomic mass is 10.1. The largest absolute Gasteiger partial charge is 0.442 e. The van der Waals surface area contributed by atoms with E-state index in [4.69, 9.17) is 5.26 Å². The number of likely N-dealkylation sites (N-methyl/N-ethyl adjacent to an activating group) is 1. The minimum atomic E-state index is -0.263. The van der Waals surface area contributed by atoms with Crippen molar-refractivity contribution in [1.29, 1.82) is 5.26 Å². The number of hydrogen-bond donors (Lipinski definition) is 0. The molecular weight excluding hydrogens is 300 g/mol. The number of nitrogens with zero attached hydrogens (tertiary/aromatic N) is 2. The fourth-order valence-electron chi connectivity index (χ4n) is 2.63. The number of benzene rings is 2. The second kappa shape index (κ2) is 7.12. The maximum Gasteiger partial charge on any atom is 0.353 e. The highest BCUT2D eigenvalue weighted by atomic mass is 16.6. The first kappa shape index (κ1) is 16.0. The van der Waals surface area contributed by atoms with Gasteiger partial charge in [0.25, 0.3) is 0 Å². The molecule has 0 spiro atoms. The summed E-state index contributed by atoms with van der Waals surface area (Å²) in [5.74, 6) is -0.119. The van der Waals surface area contributed by atoms with E-state index in [2.05, 4.69) is 22.9 Å². The van der Waals surface area contributed by atoms with Gasteiger partial charge in [-0.1, -0.05) is 60.7 Å². The average Bonchev–Trinajstić information content (AvgIpc) is 3.25. The average molecular weight is 318 g/mol. The molecule has 120 valence electrons. The molecule has 2 heterocycles. The van der Waals surface area contributed by atoms with E-state index in [1.54, 1.807) is 0 Å². The predicted molar refractivity (Wildman–Crippen MR) is 91.7 cm³/mol. The van der Waals surface area contributed by atoms with Gasteiger partial charge in [0.05, 0.1) is 6.07 Å². The summed E-state index contributed by atoms with van der Waals surface area (Å²) in [6.07, 6.45) is 1.77. The minimum absolute atomic E-state index is 0.0646. The van der Waals surface area contributed by atoms with Crippen molar-refractivity contribution >= 4 is 11.5 Å². The topological polar surface area (TPSA) is 56.6 Å². The summed E-state index contributed by atoms with van der Waals surface area (Å²) in [6.45, 7) is 0.863. The van der Waals surface area contributed by atoms with Crippen LogP contribution in [-0.2, 0) is 9.53 Å². The lowest BCUT2D eigenvalue weighted by molar-refractivity contribution is -0.117. The van der Waals surface area contributed by atoms with Gasteiger partial charge in [-0.05, 0) is 24.3 Å². The molecule has 4 heteroatoms. The third kappa shape index (κ3) is 3.70. The second-order valence-corrected chi connectivity index (χ2v) is 5.77. The number of ether oxygens (including phenoxy) is 1. The van der Waals surface area contributed by atoms with Crippen molar-refractivity contribution in [2.24, 2.45) is 0 Å². The van der Waals surface area contributed by atoms with Crippen LogP contribution in [0.2, 0.25) is 0 Å².